The third-order valence-electron chi connectivity index (χ3n) is 1.21. The number of aromatic amines is 2. The van der Waals surface area contributed by atoms with E-state index >= 15 is 0 Å². The first-order chi connectivity index (χ1) is 6.13. The van der Waals surface area contributed by atoms with Gasteiger partial charge in [0, 0.05) is 6.20 Å². The highest BCUT2D eigenvalue weighted by atomic mass is 19.1. The number of aromatic nitrogens is 2. The molecule has 1 aromatic rings. The average molecular weight is 187 g/mol. The van der Waals surface area contributed by atoms with E-state index < -0.39 is 23.8 Å². The summed E-state index contributed by atoms with van der Waals surface area (Å²) in [6, 6.07) is 0. The van der Waals surface area contributed by atoms with Crippen molar-refractivity contribution in [2.24, 2.45) is 0 Å². The van der Waals surface area contributed by atoms with Gasteiger partial charge in [-0.2, -0.15) is 0 Å². The van der Waals surface area contributed by atoms with Gasteiger partial charge in [-0.15, -0.1) is 0 Å². The molecule has 1 aromatic heterocycles. The van der Waals surface area contributed by atoms with Gasteiger partial charge in [0.25, 0.3) is 11.5 Å². The number of halogens is 1. The second-order valence-corrected chi connectivity index (χ2v) is 2.17. The van der Waals surface area contributed by atoms with Crippen LogP contribution < -0.4 is 16.6 Å². The zero-order valence-corrected chi connectivity index (χ0v) is 6.39. The highest BCUT2D eigenvalue weighted by Gasteiger charge is 2.04. The zero-order chi connectivity index (χ0) is 9.84. The van der Waals surface area contributed by atoms with Crippen molar-refractivity contribution in [1.29, 1.82) is 0 Å². The van der Waals surface area contributed by atoms with Crippen molar-refractivity contribution in [2.45, 2.75) is 0 Å². The fraction of sp³-hybridized carbons (Fsp3) is 0.167. The van der Waals surface area contributed by atoms with Crippen LogP contribution in [0, 0.1) is 0 Å². The van der Waals surface area contributed by atoms with E-state index in [2.05, 4.69) is 4.98 Å². The Morgan fingerprint density at radius 3 is 2.77 bits per heavy atom. The molecule has 0 saturated heterocycles. The normalized spacial score (nSPS) is 9.62. The molecule has 0 radical (unpaired) electrons. The summed E-state index contributed by atoms with van der Waals surface area (Å²) in [5.41, 5.74) is -1.66. The number of amides is 1. The van der Waals surface area contributed by atoms with Crippen LogP contribution in [0.4, 0.5) is 10.1 Å². The highest BCUT2D eigenvalue weighted by Crippen LogP contribution is 1.91. The molecular formula is C6H6FN3O3. The fourth-order valence-corrected chi connectivity index (χ4v) is 0.686. The van der Waals surface area contributed by atoms with E-state index in [1.165, 1.54) is 0 Å². The van der Waals surface area contributed by atoms with Crippen LogP contribution in [0.1, 0.15) is 0 Å². The van der Waals surface area contributed by atoms with Crippen LogP contribution >= 0.6 is 0 Å². The molecule has 13 heavy (non-hydrogen) atoms. The molecule has 0 bridgehead atoms. The van der Waals surface area contributed by atoms with Crippen molar-refractivity contribution in [3.05, 3.63) is 27.0 Å². The Labute approximate surface area is 70.8 Å². The third kappa shape index (κ3) is 2.26. The lowest BCUT2D eigenvalue weighted by Crippen LogP contribution is -2.27. The Morgan fingerprint density at radius 1 is 1.54 bits per heavy atom. The number of anilines is 1. The van der Waals surface area contributed by atoms with E-state index in [0.29, 0.717) is 0 Å². The number of carbonyl (C=O) groups is 1. The fourth-order valence-electron chi connectivity index (χ4n) is 0.686. The van der Waals surface area contributed by atoms with Gasteiger partial charge in [0.1, 0.15) is 5.69 Å². The summed E-state index contributed by atoms with van der Waals surface area (Å²) in [6.07, 6.45) is 0.995. The largest absolute Gasteiger partial charge is 0.325 e. The Morgan fingerprint density at radius 2 is 2.23 bits per heavy atom. The summed E-state index contributed by atoms with van der Waals surface area (Å²) in [5.74, 6) is -0.947. The first-order valence-corrected chi connectivity index (χ1v) is 3.31. The van der Waals surface area contributed by atoms with Crippen LogP contribution in [-0.4, -0.2) is 22.5 Å². The number of hydrogen-bond donors (Lipinski definition) is 3. The Balaban J connectivity index is 2.97. The first kappa shape index (κ1) is 9.17. The monoisotopic (exact) mass is 187 g/mol. The van der Waals surface area contributed by atoms with E-state index in [4.69, 9.17) is 0 Å². The summed E-state index contributed by atoms with van der Waals surface area (Å²) < 4.78 is 11.7. The van der Waals surface area contributed by atoms with Crippen molar-refractivity contribution in [3.63, 3.8) is 0 Å². The smallest absolute Gasteiger partial charge is 0.318 e. The zero-order valence-electron chi connectivity index (χ0n) is 6.39. The number of alkyl halides is 1. The number of carbonyl (C=O) groups excluding carboxylic acids is 1. The van der Waals surface area contributed by atoms with Crippen molar-refractivity contribution in [1.82, 2.24) is 9.97 Å². The van der Waals surface area contributed by atoms with Gasteiger partial charge in [-0.3, -0.25) is 14.6 Å². The van der Waals surface area contributed by atoms with E-state index in [-0.39, 0.29) is 5.69 Å². The topological polar surface area (TPSA) is 94.8 Å². The van der Waals surface area contributed by atoms with Crippen molar-refractivity contribution in [3.8, 4) is 0 Å². The second-order valence-electron chi connectivity index (χ2n) is 2.17. The van der Waals surface area contributed by atoms with Crippen molar-refractivity contribution < 1.29 is 9.18 Å². The van der Waals surface area contributed by atoms with Gasteiger partial charge in [-0.05, 0) is 0 Å². The lowest BCUT2D eigenvalue weighted by Gasteiger charge is -1.98. The molecule has 0 unspecified atom stereocenters. The summed E-state index contributed by atoms with van der Waals surface area (Å²) in [5, 5.41) is 1.96. The SMILES string of the molecule is O=C(CF)Nc1c[nH]c(=O)[nH]c1=O. The lowest BCUT2D eigenvalue weighted by molar-refractivity contribution is -0.117. The molecular weight excluding hydrogens is 181 g/mol. The van der Waals surface area contributed by atoms with Gasteiger partial charge in [0.15, 0.2) is 6.67 Å². The lowest BCUT2D eigenvalue weighted by atomic mass is 10.5. The predicted octanol–water partition coefficient (Wildman–Crippen LogP) is -1.03. The molecule has 1 rings (SSSR count). The average Bonchev–Trinajstić information content (AvgIpc) is 2.09. The van der Waals surface area contributed by atoms with Crippen LogP contribution in [0.15, 0.2) is 15.8 Å². The minimum absolute atomic E-state index is 0.192. The van der Waals surface area contributed by atoms with E-state index in [1.54, 1.807) is 0 Å². The molecule has 0 saturated carbocycles. The van der Waals surface area contributed by atoms with Crippen LogP contribution in [-0.2, 0) is 4.79 Å². The Bertz CT molecular complexity index is 422. The molecule has 6 nitrogen and oxygen atoms in total. The van der Waals surface area contributed by atoms with Gasteiger partial charge in [-0.25, -0.2) is 9.18 Å². The van der Waals surface area contributed by atoms with Gasteiger partial charge in [0.05, 0.1) is 0 Å². The molecule has 0 atom stereocenters. The molecule has 0 fully saturated rings. The first-order valence-electron chi connectivity index (χ1n) is 3.31. The van der Waals surface area contributed by atoms with E-state index in [0.717, 1.165) is 6.20 Å². The summed E-state index contributed by atoms with van der Waals surface area (Å²) in [4.78, 5) is 35.9. The van der Waals surface area contributed by atoms with Crippen LogP contribution in [0.5, 0.6) is 0 Å². The molecule has 1 amide bonds. The third-order valence-corrected chi connectivity index (χ3v) is 1.21. The maximum absolute atomic E-state index is 11.7. The molecule has 0 aliphatic carbocycles. The van der Waals surface area contributed by atoms with Crippen molar-refractivity contribution in [2.75, 3.05) is 12.0 Å². The minimum atomic E-state index is -1.22. The van der Waals surface area contributed by atoms with Crippen molar-refractivity contribution >= 4 is 11.6 Å². The van der Waals surface area contributed by atoms with E-state index in [1.807, 2.05) is 10.3 Å². The maximum Gasteiger partial charge on any atom is 0.325 e. The summed E-state index contributed by atoms with van der Waals surface area (Å²) >= 11 is 0. The number of hydrogen-bond acceptors (Lipinski definition) is 3. The molecule has 7 heteroatoms. The van der Waals surface area contributed by atoms with Crippen LogP contribution in [0.3, 0.4) is 0 Å². The predicted molar refractivity (Wildman–Crippen MR) is 42.3 cm³/mol. The summed E-state index contributed by atoms with van der Waals surface area (Å²) in [6.45, 7) is -1.22. The molecule has 0 aromatic carbocycles. The van der Waals surface area contributed by atoms with Gasteiger partial charge >= 0.3 is 5.69 Å². The maximum atomic E-state index is 11.7. The number of rotatable bonds is 2. The number of H-pyrrole nitrogens is 2. The highest BCUT2D eigenvalue weighted by molar-refractivity contribution is 5.91. The standard InChI is InChI=1S/C6H6FN3O3/c7-1-4(11)9-3-2-8-6(13)10-5(3)12/h2H,1H2,(H,9,11)(H2,8,10,12,13). The molecule has 70 valence electrons. The summed E-state index contributed by atoms with van der Waals surface area (Å²) in [7, 11) is 0. The Kier molecular flexibility index (Phi) is 2.58. The van der Waals surface area contributed by atoms with Gasteiger partial charge in [0.2, 0.25) is 0 Å². The van der Waals surface area contributed by atoms with Gasteiger partial charge in [-0.1, -0.05) is 0 Å². The quantitative estimate of drug-likeness (QED) is 0.552. The van der Waals surface area contributed by atoms with E-state index in [9.17, 15) is 18.8 Å². The van der Waals surface area contributed by atoms with Gasteiger partial charge < -0.3 is 10.3 Å². The number of nitrogens with one attached hydrogen (secondary N) is 3. The molecule has 0 aliphatic rings. The molecule has 3 N–H and O–H groups in total. The molecule has 1 heterocycles. The van der Waals surface area contributed by atoms with Crippen LogP contribution in [0.2, 0.25) is 0 Å². The Hall–Kier alpha value is -1.92. The minimum Gasteiger partial charge on any atom is -0.318 e. The van der Waals surface area contributed by atoms with Crippen LogP contribution in [0.25, 0.3) is 0 Å². The molecule has 0 spiro atoms. The molecule has 0 aliphatic heterocycles. The second kappa shape index (κ2) is 3.65.